The average molecular weight is 340 g/mol. The number of rotatable bonds is 4. The van der Waals surface area contributed by atoms with Gasteiger partial charge in [0.1, 0.15) is 5.70 Å². The fourth-order valence-electron chi connectivity index (χ4n) is 2.51. The molecule has 0 aromatic heterocycles. The number of ether oxygens (including phenoxy) is 2. The van der Waals surface area contributed by atoms with Crippen molar-refractivity contribution in [3.05, 3.63) is 53.7 Å². The zero-order chi connectivity index (χ0) is 18.0. The molecule has 2 N–H and O–H groups in total. The van der Waals surface area contributed by atoms with Crippen molar-refractivity contribution in [3.8, 4) is 17.2 Å². The number of benzene rings is 2. The monoisotopic (exact) mass is 340 g/mol. The van der Waals surface area contributed by atoms with Crippen LogP contribution in [0.25, 0.3) is 6.08 Å². The van der Waals surface area contributed by atoms with Gasteiger partial charge in [0.15, 0.2) is 11.5 Å². The minimum Gasteiger partial charge on any atom is -0.502 e. The van der Waals surface area contributed by atoms with E-state index in [2.05, 4.69) is 5.32 Å². The highest BCUT2D eigenvalue weighted by Gasteiger charge is 2.34. The topological polar surface area (TPSA) is 88.1 Å². The van der Waals surface area contributed by atoms with E-state index in [1.54, 1.807) is 30.3 Å². The maximum Gasteiger partial charge on any atom is 0.333 e. The molecule has 0 radical (unpaired) electrons. The molecule has 3 amide bonds. The van der Waals surface area contributed by atoms with Crippen LogP contribution in [0.3, 0.4) is 0 Å². The molecule has 1 heterocycles. The number of methoxy groups -OCH3 is 2. The lowest BCUT2D eigenvalue weighted by Crippen LogP contribution is -2.30. The Morgan fingerprint density at radius 2 is 1.64 bits per heavy atom. The van der Waals surface area contributed by atoms with Crippen molar-refractivity contribution in [1.29, 1.82) is 0 Å². The van der Waals surface area contributed by atoms with Gasteiger partial charge in [-0.05, 0) is 35.9 Å². The number of phenols is 1. The summed E-state index contributed by atoms with van der Waals surface area (Å²) < 4.78 is 10.2. The number of hydrogen-bond acceptors (Lipinski definition) is 5. The van der Waals surface area contributed by atoms with E-state index in [0.717, 1.165) is 4.90 Å². The van der Waals surface area contributed by atoms with Crippen LogP contribution in [-0.2, 0) is 4.79 Å². The number of anilines is 1. The van der Waals surface area contributed by atoms with Gasteiger partial charge in [-0.1, -0.05) is 18.2 Å². The molecule has 1 aliphatic rings. The van der Waals surface area contributed by atoms with E-state index in [1.165, 1.54) is 32.4 Å². The van der Waals surface area contributed by atoms with Crippen molar-refractivity contribution >= 4 is 23.7 Å². The van der Waals surface area contributed by atoms with Crippen molar-refractivity contribution in [1.82, 2.24) is 5.32 Å². The number of para-hydroxylation sites is 1. The van der Waals surface area contributed by atoms with Gasteiger partial charge in [-0.15, -0.1) is 0 Å². The summed E-state index contributed by atoms with van der Waals surface area (Å²) in [6.07, 6.45) is 1.49. The summed E-state index contributed by atoms with van der Waals surface area (Å²) in [4.78, 5) is 25.8. The van der Waals surface area contributed by atoms with Gasteiger partial charge in [0.25, 0.3) is 5.91 Å². The third kappa shape index (κ3) is 2.99. The second kappa shape index (κ2) is 6.56. The van der Waals surface area contributed by atoms with E-state index in [-0.39, 0.29) is 22.9 Å². The molecule has 2 aromatic carbocycles. The molecule has 1 aliphatic heterocycles. The molecule has 0 aliphatic carbocycles. The summed E-state index contributed by atoms with van der Waals surface area (Å²) in [5.41, 5.74) is 1.13. The molecule has 0 saturated carbocycles. The minimum atomic E-state index is -0.528. The molecule has 7 nitrogen and oxygen atoms in total. The highest BCUT2D eigenvalue weighted by Crippen LogP contribution is 2.37. The van der Waals surface area contributed by atoms with Gasteiger partial charge in [-0.3, -0.25) is 4.79 Å². The zero-order valence-corrected chi connectivity index (χ0v) is 13.6. The number of phenolic OH excluding ortho intramolecular Hbond substituents is 1. The maximum absolute atomic E-state index is 12.6. The van der Waals surface area contributed by atoms with Crippen LogP contribution in [0.5, 0.6) is 17.2 Å². The van der Waals surface area contributed by atoms with Crippen molar-refractivity contribution in [3.63, 3.8) is 0 Å². The number of carbonyl (C=O) groups is 2. The predicted octanol–water partition coefficient (Wildman–Crippen LogP) is 2.51. The Balaban J connectivity index is 1.98. The first kappa shape index (κ1) is 16.4. The first-order valence-electron chi connectivity index (χ1n) is 7.42. The molecule has 0 atom stereocenters. The number of nitrogens with one attached hydrogen (secondary N) is 1. The molecule has 1 saturated heterocycles. The Morgan fingerprint density at radius 3 is 2.20 bits per heavy atom. The number of carbonyl (C=O) groups excluding carboxylic acids is 2. The van der Waals surface area contributed by atoms with Crippen molar-refractivity contribution in [2.24, 2.45) is 0 Å². The van der Waals surface area contributed by atoms with E-state index < -0.39 is 11.9 Å². The molecule has 25 heavy (non-hydrogen) atoms. The molecule has 0 unspecified atom stereocenters. The van der Waals surface area contributed by atoms with E-state index in [9.17, 15) is 14.7 Å². The predicted molar refractivity (Wildman–Crippen MR) is 91.6 cm³/mol. The molecular formula is C18H16N2O5. The van der Waals surface area contributed by atoms with Crippen molar-refractivity contribution < 1.29 is 24.2 Å². The summed E-state index contributed by atoms with van der Waals surface area (Å²) in [6.45, 7) is 0. The van der Waals surface area contributed by atoms with Crippen LogP contribution < -0.4 is 19.7 Å². The summed E-state index contributed by atoms with van der Waals surface area (Å²) >= 11 is 0. The molecular weight excluding hydrogens is 324 g/mol. The number of imide groups is 1. The molecule has 128 valence electrons. The maximum atomic E-state index is 12.6. The van der Waals surface area contributed by atoms with Gasteiger partial charge < -0.3 is 19.9 Å². The highest BCUT2D eigenvalue weighted by atomic mass is 16.5. The number of amides is 3. The SMILES string of the molecule is COc1cc(/C=C2/NC(=O)N(c3ccccc3)C2=O)cc(OC)c1O. The fourth-order valence-corrected chi connectivity index (χ4v) is 2.51. The summed E-state index contributed by atoms with van der Waals surface area (Å²) in [5.74, 6) is -0.215. The van der Waals surface area contributed by atoms with Crippen LogP contribution in [0.4, 0.5) is 10.5 Å². The Hall–Kier alpha value is -3.48. The van der Waals surface area contributed by atoms with Crippen LogP contribution in [0.15, 0.2) is 48.2 Å². The first-order valence-corrected chi connectivity index (χ1v) is 7.42. The van der Waals surface area contributed by atoms with E-state index in [0.29, 0.717) is 11.3 Å². The van der Waals surface area contributed by atoms with Crippen LogP contribution in [-0.4, -0.2) is 31.3 Å². The minimum absolute atomic E-state index is 0.114. The number of aromatic hydroxyl groups is 1. The summed E-state index contributed by atoms with van der Waals surface area (Å²) in [7, 11) is 2.82. The normalized spacial score (nSPS) is 15.4. The van der Waals surface area contributed by atoms with Crippen LogP contribution in [0.1, 0.15) is 5.56 Å². The number of hydrogen-bond donors (Lipinski definition) is 2. The molecule has 0 spiro atoms. The highest BCUT2D eigenvalue weighted by molar-refractivity contribution is 6.28. The van der Waals surface area contributed by atoms with E-state index >= 15 is 0 Å². The van der Waals surface area contributed by atoms with Crippen LogP contribution in [0, 0.1) is 0 Å². The standard InChI is InChI=1S/C18H16N2O5/c1-24-14-9-11(10-15(25-2)16(14)21)8-13-17(22)20(18(23)19-13)12-6-4-3-5-7-12/h3-10,21H,1-2H3,(H,19,23)/b13-8+. The van der Waals surface area contributed by atoms with E-state index in [4.69, 9.17) is 9.47 Å². The number of urea groups is 1. The lowest BCUT2D eigenvalue weighted by atomic mass is 10.1. The Kier molecular flexibility index (Phi) is 4.30. The molecule has 1 fully saturated rings. The zero-order valence-electron chi connectivity index (χ0n) is 13.6. The molecule has 0 bridgehead atoms. The fraction of sp³-hybridized carbons (Fsp3) is 0.111. The van der Waals surface area contributed by atoms with Crippen LogP contribution >= 0.6 is 0 Å². The Labute approximate surface area is 144 Å². The van der Waals surface area contributed by atoms with Gasteiger partial charge >= 0.3 is 6.03 Å². The second-order valence-corrected chi connectivity index (χ2v) is 5.24. The smallest absolute Gasteiger partial charge is 0.333 e. The Morgan fingerprint density at radius 1 is 1.04 bits per heavy atom. The summed E-state index contributed by atoms with van der Waals surface area (Å²) in [6, 6.07) is 11.2. The van der Waals surface area contributed by atoms with Crippen LogP contribution in [0.2, 0.25) is 0 Å². The third-order valence-electron chi connectivity index (χ3n) is 3.71. The van der Waals surface area contributed by atoms with Gasteiger partial charge in [0, 0.05) is 0 Å². The summed E-state index contributed by atoms with van der Waals surface area (Å²) in [5, 5.41) is 12.5. The first-order chi connectivity index (χ1) is 12.0. The Bertz CT molecular complexity index is 836. The molecule has 2 aromatic rings. The van der Waals surface area contributed by atoms with Gasteiger partial charge in [0.2, 0.25) is 5.75 Å². The van der Waals surface area contributed by atoms with Crippen molar-refractivity contribution in [2.45, 2.75) is 0 Å². The van der Waals surface area contributed by atoms with Crippen molar-refractivity contribution in [2.75, 3.05) is 19.1 Å². The molecule has 3 rings (SSSR count). The third-order valence-corrected chi connectivity index (χ3v) is 3.71. The van der Waals surface area contributed by atoms with Gasteiger partial charge in [0.05, 0.1) is 19.9 Å². The number of nitrogens with zero attached hydrogens (tertiary/aromatic N) is 1. The van der Waals surface area contributed by atoms with Gasteiger partial charge in [-0.25, -0.2) is 9.69 Å². The molecule has 7 heteroatoms. The quantitative estimate of drug-likeness (QED) is 0.659. The second-order valence-electron chi connectivity index (χ2n) is 5.24. The van der Waals surface area contributed by atoms with Gasteiger partial charge in [-0.2, -0.15) is 0 Å². The lowest BCUT2D eigenvalue weighted by molar-refractivity contribution is -0.113. The van der Waals surface area contributed by atoms with E-state index in [1.807, 2.05) is 0 Å². The average Bonchev–Trinajstić information content (AvgIpc) is 2.90. The largest absolute Gasteiger partial charge is 0.502 e. The lowest BCUT2D eigenvalue weighted by Gasteiger charge is -2.11.